The van der Waals surface area contributed by atoms with Crippen LogP contribution in [0.4, 0.5) is 5.69 Å². The molecule has 1 aromatic carbocycles. The Morgan fingerprint density at radius 3 is 2.86 bits per heavy atom. The summed E-state index contributed by atoms with van der Waals surface area (Å²) in [5.41, 5.74) is 2.75. The molecule has 2 aromatic heterocycles. The molecule has 1 N–H and O–H groups in total. The summed E-state index contributed by atoms with van der Waals surface area (Å²) < 4.78 is 0. The van der Waals surface area contributed by atoms with Crippen LogP contribution >= 0.6 is 11.3 Å². The second-order valence-electron chi connectivity index (χ2n) is 4.91. The molecule has 0 aliphatic heterocycles. The molecule has 0 saturated heterocycles. The predicted octanol–water partition coefficient (Wildman–Crippen LogP) is 4.42. The van der Waals surface area contributed by atoms with Gasteiger partial charge in [-0.05, 0) is 37.1 Å². The number of rotatable bonds is 3. The number of aromatic nitrogens is 1. The van der Waals surface area contributed by atoms with Crippen LogP contribution in [0.15, 0.2) is 42.6 Å². The number of para-hydroxylation sites is 1. The van der Waals surface area contributed by atoms with Gasteiger partial charge in [-0.2, -0.15) is 0 Å². The standard InChI is InChI=1S/C17H16N2OS/c1-3-14-11(2)10-15(21-14)17(20)19-13-8-4-6-12-7-5-9-18-16(12)13/h4-10H,3H2,1-2H3,(H,19,20). The number of nitrogens with zero attached hydrogens (tertiary/aromatic N) is 1. The molecule has 3 aromatic rings. The van der Waals surface area contributed by atoms with Crippen LogP contribution in [0.25, 0.3) is 10.9 Å². The summed E-state index contributed by atoms with van der Waals surface area (Å²) in [7, 11) is 0. The van der Waals surface area contributed by atoms with Crippen LogP contribution in [0.3, 0.4) is 0 Å². The first-order valence-corrected chi connectivity index (χ1v) is 7.75. The van der Waals surface area contributed by atoms with Crippen LogP contribution in [0, 0.1) is 6.92 Å². The number of thiophene rings is 1. The van der Waals surface area contributed by atoms with Crippen LogP contribution < -0.4 is 5.32 Å². The molecule has 0 atom stereocenters. The maximum absolute atomic E-state index is 12.4. The fourth-order valence-electron chi connectivity index (χ4n) is 2.37. The Hall–Kier alpha value is -2.20. The zero-order chi connectivity index (χ0) is 14.8. The number of carbonyl (C=O) groups is 1. The first-order valence-electron chi connectivity index (χ1n) is 6.93. The second-order valence-corrected chi connectivity index (χ2v) is 6.04. The van der Waals surface area contributed by atoms with Gasteiger partial charge >= 0.3 is 0 Å². The van der Waals surface area contributed by atoms with Gasteiger partial charge in [0.25, 0.3) is 5.91 Å². The maximum Gasteiger partial charge on any atom is 0.265 e. The molecule has 106 valence electrons. The van der Waals surface area contributed by atoms with E-state index in [2.05, 4.69) is 17.2 Å². The molecule has 0 unspecified atom stereocenters. The summed E-state index contributed by atoms with van der Waals surface area (Å²) in [4.78, 5) is 18.8. The van der Waals surface area contributed by atoms with E-state index < -0.39 is 0 Å². The van der Waals surface area contributed by atoms with E-state index in [-0.39, 0.29) is 5.91 Å². The van der Waals surface area contributed by atoms with E-state index in [9.17, 15) is 4.79 Å². The lowest BCUT2D eigenvalue weighted by Gasteiger charge is -2.06. The number of carbonyl (C=O) groups excluding carboxylic acids is 1. The first kappa shape index (κ1) is 13.8. The van der Waals surface area contributed by atoms with Crippen LogP contribution in [-0.4, -0.2) is 10.9 Å². The minimum Gasteiger partial charge on any atom is -0.319 e. The SMILES string of the molecule is CCc1sc(C(=O)Nc2cccc3cccnc23)cc1C. The highest BCUT2D eigenvalue weighted by atomic mass is 32.1. The highest BCUT2D eigenvalue weighted by molar-refractivity contribution is 7.14. The molecule has 2 heterocycles. The molecule has 21 heavy (non-hydrogen) atoms. The van der Waals surface area contributed by atoms with Crippen molar-refractivity contribution >= 4 is 33.8 Å². The van der Waals surface area contributed by atoms with Crippen molar-refractivity contribution in [1.82, 2.24) is 4.98 Å². The van der Waals surface area contributed by atoms with Gasteiger partial charge in [-0.3, -0.25) is 9.78 Å². The van der Waals surface area contributed by atoms with Gasteiger partial charge in [-0.25, -0.2) is 0 Å². The number of hydrogen-bond donors (Lipinski definition) is 1. The van der Waals surface area contributed by atoms with Crippen molar-refractivity contribution in [3.63, 3.8) is 0 Å². The third-order valence-corrected chi connectivity index (χ3v) is 4.83. The van der Waals surface area contributed by atoms with Crippen LogP contribution in [0.1, 0.15) is 27.0 Å². The highest BCUT2D eigenvalue weighted by Crippen LogP contribution is 2.25. The minimum absolute atomic E-state index is 0.0686. The van der Waals surface area contributed by atoms with E-state index in [0.717, 1.165) is 27.9 Å². The number of nitrogens with one attached hydrogen (secondary N) is 1. The van der Waals surface area contributed by atoms with E-state index in [4.69, 9.17) is 0 Å². The number of benzene rings is 1. The molecule has 0 aliphatic carbocycles. The number of fused-ring (bicyclic) bond motifs is 1. The van der Waals surface area contributed by atoms with Crippen LogP contribution in [0.5, 0.6) is 0 Å². The second kappa shape index (κ2) is 5.66. The quantitative estimate of drug-likeness (QED) is 0.777. The normalized spacial score (nSPS) is 10.8. The monoisotopic (exact) mass is 296 g/mol. The van der Waals surface area contributed by atoms with Crippen molar-refractivity contribution in [1.29, 1.82) is 0 Å². The fourth-order valence-corrected chi connectivity index (χ4v) is 3.38. The smallest absolute Gasteiger partial charge is 0.265 e. The van der Waals surface area contributed by atoms with E-state index >= 15 is 0 Å². The van der Waals surface area contributed by atoms with Crippen molar-refractivity contribution < 1.29 is 4.79 Å². The summed E-state index contributed by atoms with van der Waals surface area (Å²) >= 11 is 1.56. The molecule has 0 fully saturated rings. The number of anilines is 1. The molecule has 0 radical (unpaired) electrons. The zero-order valence-corrected chi connectivity index (χ0v) is 12.8. The van der Waals surface area contributed by atoms with E-state index in [1.165, 1.54) is 10.4 Å². The van der Waals surface area contributed by atoms with Crippen molar-refractivity contribution in [2.45, 2.75) is 20.3 Å². The average molecular weight is 296 g/mol. The Kier molecular flexibility index (Phi) is 3.71. The average Bonchev–Trinajstić information content (AvgIpc) is 2.89. The lowest BCUT2D eigenvalue weighted by molar-refractivity contribution is 0.103. The molecule has 0 aliphatic rings. The summed E-state index contributed by atoms with van der Waals surface area (Å²) in [6.07, 6.45) is 2.70. The molecular weight excluding hydrogens is 280 g/mol. The molecule has 4 heteroatoms. The number of hydrogen-bond acceptors (Lipinski definition) is 3. The topological polar surface area (TPSA) is 42.0 Å². The molecule has 0 saturated carbocycles. The molecule has 3 rings (SSSR count). The van der Waals surface area contributed by atoms with Crippen LogP contribution in [0.2, 0.25) is 0 Å². The maximum atomic E-state index is 12.4. The van der Waals surface area contributed by atoms with Gasteiger partial charge in [0.2, 0.25) is 0 Å². The number of aryl methyl sites for hydroxylation is 2. The molecule has 0 spiro atoms. The molecule has 0 bridgehead atoms. The van der Waals surface area contributed by atoms with E-state index in [0.29, 0.717) is 0 Å². The Morgan fingerprint density at radius 2 is 2.10 bits per heavy atom. The lowest BCUT2D eigenvalue weighted by atomic mass is 10.2. The third kappa shape index (κ3) is 2.67. The van der Waals surface area contributed by atoms with Gasteiger partial charge in [-0.1, -0.05) is 25.1 Å². The third-order valence-electron chi connectivity index (χ3n) is 3.45. The Bertz CT molecular complexity index is 802. The summed E-state index contributed by atoms with van der Waals surface area (Å²) in [6.45, 7) is 4.15. The number of amides is 1. The van der Waals surface area contributed by atoms with Gasteiger partial charge in [0.15, 0.2) is 0 Å². The molecular formula is C17H16N2OS. The van der Waals surface area contributed by atoms with Gasteiger partial charge in [-0.15, -0.1) is 11.3 Å². The number of pyridine rings is 1. The fraction of sp³-hybridized carbons (Fsp3) is 0.176. The van der Waals surface area contributed by atoms with E-state index in [1.54, 1.807) is 17.5 Å². The van der Waals surface area contributed by atoms with Crippen molar-refractivity contribution in [2.24, 2.45) is 0 Å². The predicted molar refractivity (Wildman–Crippen MR) is 88.1 cm³/mol. The van der Waals surface area contributed by atoms with Crippen molar-refractivity contribution in [2.75, 3.05) is 5.32 Å². The van der Waals surface area contributed by atoms with Gasteiger partial charge in [0, 0.05) is 16.5 Å². The molecule has 1 amide bonds. The van der Waals surface area contributed by atoms with Crippen LogP contribution in [-0.2, 0) is 6.42 Å². The van der Waals surface area contributed by atoms with Gasteiger partial charge in [0.05, 0.1) is 16.1 Å². The van der Waals surface area contributed by atoms with Gasteiger partial charge < -0.3 is 5.32 Å². The zero-order valence-electron chi connectivity index (χ0n) is 12.0. The summed E-state index contributed by atoms with van der Waals surface area (Å²) in [6, 6.07) is 11.6. The Morgan fingerprint density at radius 1 is 1.29 bits per heavy atom. The van der Waals surface area contributed by atoms with E-state index in [1.807, 2.05) is 43.3 Å². The molecule has 3 nitrogen and oxygen atoms in total. The lowest BCUT2D eigenvalue weighted by Crippen LogP contribution is -2.10. The summed E-state index contributed by atoms with van der Waals surface area (Å²) in [5.74, 6) is -0.0686. The summed E-state index contributed by atoms with van der Waals surface area (Å²) in [5, 5.41) is 4.00. The minimum atomic E-state index is -0.0686. The Balaban J connectivity index is 1.92. The Labute approximate surface area is 127 Å². The van der Waals surface area contributed by atoms with Crippen molar-refractivity contribution in [3.05, 3.63) is 57.9 Å². The largest absolute Gasteiger partial charge is 0.319 e. The van der Waals surface area contributed by atoms with Crippen molar-refractivity contribution in [3.8, 4) is 0 Å². The highest BCUT2D eigenvalue weighted by Gasteiger charge is 2.13. The van der Waals surface area contributed by atoms with Gasteiger partial charge in [0.1, 0.15) is 0 Å². The first-order chi connectivity index (χ1) is 10.2.